The molecular weight excluding hydrogens is 232 g/mol. The Balaban J connectivity index is 2.43. The van der Waals surface area contributed by atoms with Crippen LogP contribution in [0.15, 0.2) is 16.7 Å². The largest absolute Gasteiger partial charge is 0.381 e. The average Bonchev–Trinajstić information content (AvgIpc) is 2.76. The van der Waals surface area contributed by atoms with E-state index in [9.17, 15) is 0 Å². The number of aromatic nitrogens is 1. The second-order valence-corrected chi connectivity index (χ2v) is 4.94. The highest BCUT2D eigenvalue weighted by molar-refractivity contribution is 7.19. The summed E-state index contributed by atoms with van der Waals surface area (Å²) in [6.07, 6.45) is 1.89. The van der Waals surface area contributed by atoms with E-state index in [2.05, 4.69) is 12.1 Å². The number of thiophene rings is 1. The molecule has 5 heteroatoms. The molecule has 15 heavy (non-hydrogen) atoms. The van der Waals surface area contributed by atoms with Crippen LogP contribution in [0.25, 0.3) is 10.6 Å². The SMILES string of the molecule is CCCc1c(N)noc1-c1ccc(Cl)s1. The van der Waals surface area contributed by atoms with Gasteiger partial charge < -0.3 is 10.3 Å². The van der Waals surface area contributed by atoms with E-state index in [0.717, 1.165) is 33.4 Å². The standard InChI is InChI=1S/C10H11ClN2OS/c1-2-3-6-9(14-13-10(6)12)7-4-5-8(11)15-7/h4-5H,2-3H2,1H3,(H2,12,13). The van der Waals surface area contributed by atoms with Gasteiger partial charge in [0.05, 0.1) is 9.21 Å². The van der Waals surface area contributed by atoms with Crippen LogP contribution in [0, 0.1) is 0 Å². The Kier molecular flexibility index (Phi) is 2.98. The quantitative estimate of drug-likeness (QED) is 0.895. The number of nitrogen functional groups attached to an aromatic ring is 1. The summed E-state index contributed by atoms with van der Waals surface area (Å²) in [6, 6.07) is 3.77. The van der Waals surface area contributed by atoms with Gasteiger partial charge in [-0.15, -0.1) is 11.3 Å². The first kappa shape index (κ1) is 10.5. The highest BCUT2D eigenvalue weighted by atomic mass is 35.5. The van der Waals surface area contributed by atoms with Gasteiger partial charge in [0.1, 0.15) is 0 Å². The van der Waals surface area contributed by atoms with Gasteiger partial charge in [0.25, 0.3) is 0 Å². The smallest absolute Gasteiger partial charge is 0.182 e. The first-order valence-corrected chi connectivity index (χ1v) is 5.91. The molecule has 2 aromatic heterocycles. The summed E-state index contributed by atoms with van der Waals surface area (Å²) >= 11 is 7.34. The molecule has 0 aliphatic rings. The summed E-state index contributed by atoms with van der Waals surface area (Å²) in [4.78, 5) is 0.979. The van der Waals surface area contributed by atoms with Crippen molar-refractivity contribution in [2.24, 2.45) is 0 Å². The van der Waals surface area contributed by atoms with Crippen LogP contribution < -0.4 is 5.73 Å². The lowest BCUT2D eigenvalue weighted by molar-refractivity contribution is 0.436. The van der Waals surface area contributed by atoms with Crippen LogP contribution in [0.1, 0.15) is 18.9 Å². The predicted molar refractivity (Wildman–Crippen MR) is 63.2 cm³/mol. The first-order valence-electron chi connectivity index (χ1n) is 4.72. The molecule has 3 nitrogen and oxygen atoms in total. The van der Waals surface area contributed by atoms with Gasteiger partial charge in [-0.25, -0.2) is 0 Å². The number of hydrogen-bond acceptors (Lipinski definition) is 4. The van der Waals surface area contributed by atoms with Crippen molar-refractivity contribution in [3.05, 3.63) is 22.0 Å². The molecule has 2 aromatic rings. The van der Waals surface area contributed by atoms with Crippen LogP contribution in [-0.4, -0.2) is 5.16 Å². The Hall–Kier alpha value is -1.000. The van der Waals surface area contributed by atoms with Crippen LogP contribution in [-0.2, 0) is 6.42 Å². The summed E-state index contributed by atoms with van der Waals surface area (Å²) < 4.78 is 5.96. The number of rotatable bonds is 3. The molecule has 80 valence electrons. The molecule has 0 aliphatic heterocycles. The van der Waals surface area contributed by atoms with E-state index in [1.807, 2.05) is 12.1 Å². The summed E-state index contributed by atoms with van der Waals surface area (Å²) in [6.45, 7) is 2.09. The third kappa shape index (κ3) is 2.01. The topological polar surface area (TPSA) is 52.0 Å². The summed E-state index contributed by atoms with van der Waals surface area (Å²) in [5.74, 6) is 1.24. The Bertz CT molecular complexity index is 464. The van der Waals surface area contributed by atoms with Gasteiger partial charge in [0, 0.05) is 5.56 Å². The molecule has 0 atom stereocenters. The van der Waals surface area contributed by atoms with Crippen molar-refractivity contribution in [3.63, 3.8) is 0 Å². The van der Waals surface area contributed by atoms with Crippen LogP contribution >= 0.6 is 22.9 Å². The van der Waals surface area contributed by atoms with Crippen molar-refractivity contribution in [1.82, 2.24) is 5.16 Å². The van der Waals surface area contributed by atoms with Crippen molar-refractivity contribution in [3.8, 4) is 10.6 Å². The zero-order valence-electron chi connectivity index (χ0n) is 8.29. The van der Waals surface area contributed by atoms with Gasteiger partial charge in [-0.05, 0) is 18.6 Å². The zero-order chi connectivity index (χ0) is 10.8. The van der Waals surface area contributed by atoms with Gasteiger partial charge in [0.2, 0.25) is 0 Å². The number of anilines is 1. The molecule has 0 aromatic carbocycles. The summed E-state index contributed by atoms with van der Waals surface area (Å²) in [5.41, 5.74) is 6.72. The highest BCUT2D eigenvalue weighted by Crippen LogP contribution is 2.35. The number of halogens is 1. The molecule has 0 spiro atoms. The molecule has 0 unspecified atom stereocenters. The van der Waals surface area contributed by atoms with Gasteiger partial charge in [-0.3, -0.25) is 0 Å². The fourth-order valence-electron chi connectivity index (χ4n) is 1.44. The zero-order valence-corrected chi connectivity index (χ0v) is 9.86. The van der Waals surface area contributed by atoms with Crippen LogP contribution in [0.5, 0.6) is 0 Å². The van der Waals surface area contributed by atoms with Gasteiger partial charge >= 0.3 is 0 Å². The van der Waals surface area contributed by atoms with Crippen LogP contribution in [0.2, 0.25) is 4.34 Å². The number of hydrogen-bond donors (Lipinski definition) is 1. The number of nitrogens with zero attached hydrogens (tertiary/aromatic N) is 1. The first-order chi connectivity index (χ1) is 7.22. The lowest BCUT2D eigenvalue weighted by Crippen LogP contribution is -1.91. The maximum absolute atomic E-state index is 5.87. The Morgan fingerprint density at radius 2 is 2.33 bits per heavy atom. The van der Waals surface area contributed by atoms with Gasteiger partial charge in [0.15, 0.2) is 11.6 Å². The summed E-state index contributed by atoms with van der Waals surface area (Å²) in [5, 5.41) is 3.79. The molecule has 0 fully saturated rings. The third-order valence-electron chi connectivity index (χ3n) is 2.12. The van der Waals surface area contributed by atoms with E-state index in [1.54, 1.807) is 0 Å². The molecule has 0 amide bonds. The van der Waals surface area contributed by atoms with Crippen LogP contribution in [0.4, 0.5) is 5.82 Å². The monoisotopic (exact) mass is 242 g/mol. The molecule has 2 rings (SSSR count). The normalized spacial score (nSPS) is 10.8. The fourth-order valence-corrected chi connectivity index (χ4v) is 2.49. The maximum Gasteiger partial charge on any atom is 0.182 e. The average molecular weight is 243 g/mol. The predicted octanol–water partition coefficient (Wildman–Crippen LogP) is 3.59. The van der Waals surface area contributed by atoms with E-state index in [4.69, 9.17) is 21.9 Å². The number of nitrogens with two attached hydrogens (primary N) is 1. The molecule has 2 heterocycles. The highest BCUT2D eigenvalue weighted by Gasteiger charge is 2.16. The van der Waals surface area contributed by atoms with Crippen LogP contribution in [0.3, 0.4) is 0 Å². The van der Waals surface area contributed by atoms with E-state index >= 15 is 0 Å². The lowest BCUT2D eigenvalue weighted by atomic mass is 10.1. The Labute approximate surface area is 96.8 Å². The van der Waals surface area contributed by atoms with Crippen molar-refractivity contribution in [2.45, 2.75) is 19.8 Å². The fraction of sp³-hybridized carbons (Fsp3) is 0.300. The second-order valence-electron chi connectivity index (χ2n) is 3.23. The van der Waals surface area contributed by atoms with E-state index in [1.165, 1.54) is 11.3 Å². The second kappa shape index (κ2) is 4.24. The van der Waals surface area contributed by atoms with Gasteiger partial charge in [-0.1, -0.05) is 30.1 Å². The van der Waals surface area contributed by atoms with Crippen molar-refractivity contribution in [2.75, 3.05) is 5.73 Å². The van der Waals surface area contributed by atoms with E-state index in [-0.39, 0.29) is 0 Å². The molecule has 0 saturated carbocycles. The molecule has 0 radical (unpaired) electrons. The molecule has 2 N–H and O–H groups in total. The Morgan fingerprint density at radius 3 is 2.93 bits per heavy atom. The lowest BCUT2D eigenvalue weighted by Gasteiger charge is -1.96. The molecule has 0 bridgehead atoms. The van der Waals surface area contributed by atoms with Crippen molar-refractivity contribution < 1.29 is 4.52 Å². The minimum absolute atomic E-state index is 0.483. The molecule has 0 aliphatic carbocycles. The Morgan fingerprint density at radius 1 is 1.53 bits per heavy atom. The van der Waals surface area contributed by atoms with E-state index < -0.39 is 0 Å². The summed E-state index contributed by atoms with van der Waals surface area (Å²) in [7, 11) is 0. The van der Waals surface area contributed by atoms with Gasteiger partial charge in [-0.2, -0.15) is 0 Å². The minimum atomic E-state index is 0.483. The maximum atomic E-state index is 5.87. The van der Waals surface area contributed by atoms with Crippen molar-refractivity contribution >= 4 is 28.8 Å². The third-order valence-corrected chi connectivity index (χ3v) is 3.35. The minimum Gasteiger partial charge on any atom is -0.381 e. The van der Waals surface area contributed by atoms with Crippen molar-refractivity contribution in [1.29, 1.82) is 0 Å². The molecular formula is C10H11ClN2OS. The van der Waals surface area contributed by atoms with E-state index in [0.29, 0.717) is 5.82 Å². The molecule has 0 saturated heterocycles.